The summed E-state index contributed by atoms with van der Waals surface area (Å²) in [6.45, 7) is 0.231. The highest BCUT2D eigenvalue weighted by atomic mass is 32.2. The van der Waals surface area contributed by atoms with Gasteiger partial charge in [0.2, 0.25) is 0 Å². The molecule has 2 aliphatic carbocycles. The molecule has 0 saturated heterocycles. The summed E-state index contributed by atoms with van der Waals surface area (Å²) in [7, 11) is -7.59. The van der Waals surface area contributed by atoms with Gasteiger partial charge in [-0.2, -0.15) is 0 Å². The molecule has 8 rings (SSSR count). The van der Waals surface area contributed by atoms with Gasteiger partial charge >= 0.3 is 12.2 Å². The lowest BCUT2D eigenvalue weighted by Gasteiger charge is -2.37. The Bertz CT molecular complexity index is 2560. The Morgan fingerprint density at radius 3 is 1.23 bits per heavy atom. The standard InChI is InChI=1S/2C24H24N2O5S/c2*27-23(31-16-18-8-3-1-4-9-18)26-20-14-19-10-7-13-25-22(19)24(28,15-20)17-32(29,30)21-11-5-2-6-12-21/h2*1-13,20,28H,14-17H2,(H,26,27)/t20-,24+;20-,24-/m00/s1. The number of nitrogens with zero attached hydrogens (tertiary/aromatic N) is 2. The minimum Gasteiger partial charge on any atom is -0.445 e. The van der Waals surface area contributed by atoms with Crippen LogP contribution in [0.25, 0.3) is 0 Å². The van der Waals surface area contributed by atoms with Crippen molar-refractivity contribution in [2.75, 3.05) is 11.5 Å². The lowest BCUT2D eigenvalue weighted by Crippen LogP contribution is -2.49. The molecule has 16 heteroatoms. The van der Waals surface area contributed by atoms with Crippen LogP contribution in [0.2, 0.25) is 0 Å². The second-order valence-electron chi connectivity index (χ2n) is 15.9. The summed E-state index contributed by atoms with van der Waals surface area (Å²) in [5.74, 6) is -1.07. The lowest BCUT2D eigenvalue weighted by molar-refractivity contribution is 0.0252. The molecule has 14 nitrogen and oxygen atoms in total. The number of pyridine rings is 2. The molecule has 0 spiro atoms. The summed E-state index contributed by atoms with van der Waals surface area (Å²) >= 11 is 0. The highest BCUT2D eigenvalue weighted by molar-refractivity contribution is 7.91. The molecule has 4 atom stereocenters. The topological polar surface area (TPSA) is 211 Å². The number of sulfone groups is 2. The van der Waals surface area contributed by atoms with Gasteiger partial charge < -0.3 is 30.3 Å². The number of carbonyl (C=O) groups excluding carboxylic acids is 2. The molecule has 2 aliphatic rings. The van der Waals surface area contributed by atoms with Crippen molar-refractivity contribution in [2.24, 2.45) is 0 Å². The second kappa shape index (κ2) is 19.9. The minimum absolute atomic E-state index is 0.00349. The van der Waals surface area contributed by atoms with E-state index in [4.69, 9.17) is 9.47 Å². The number of rotatable bonds is 12. The molecular weight excluding hydrogens is 857 g/mol. The molecule has 0 bridgehead atoms. The molecule has 4 aromatic carbocycles. The van der Waals surface area contributed by atoms with Crippen molar-refractivity contribution < 1.29 is 46.1 Å². The largest absolute Gasteiger partial charge is 0.445 e. The van der Waals surface area contributed by atoms with Gasteiger partial charge in [0.05, 0.1) is 32.7 Å². The number of hydrogen-bond donors (Lipinski definition) is 4. The van der Waals surface area contributed by atoms with Crippen molar-refractivity contribution in [2.45, 2.75) is 72.0 Å². The van der Waals surface area contributed by atoms with E-state index in [0.717, 1.165) is 11.1 Å². The highest BCUT2D eigenvalue weighted by Gasteiger charge is 2.45. The van der Waals surface area contributed by atoms with Crippen LogP contribution in [0.5, 0.6) is 0 Å². The number of aliphatic hydroxyl groups is 2. The van der Waals surface area contributed by atoms with Crippen LogP contribution in [-0.4, -0.2) is 72.8 Å². The monoisotopic (exact) mass is 904 g/mol. The van der Waals surface area contributed by atoms with Gasteiger partial charge in [0.25, 0.3) is 0 Å². The fourth-order valence-corrected chi connectivity index (χ4v) is 11.3. The number of hydrogen-bond acceptors (Lipinski definition) is 12. The first kappa shape index (κ1) is 45.6. The number of ether oxygens (including phenoxy) is 2. The third-order valence-electron chi connectivity index (χ3n) is 10.9. The van der Waals surface area contributed by atoms with Crippen molar-refractivity contribution in [1.82, 2.24) is 20.6 Å². The predicted molar refractivity (Wildman–Crippen MR) is 237 cm³/mol. The van der Waals surface area contributed by atoms with Gasteiger partial charge in [0.15, 0.2) is 19.7 Å². The molecular formula is C48H48N4O10S2. The summed E-state index contributed by atoms with van der Waals surface area (Å²) in [5, 5.41) is 28.5. The maximum absolute atomic E-state index is 13.0. The van der Waals surface area contributed by atoms with Crippen LogP contribution in [0.1, 0.15) is 46.5 Å². The third-order valence-corrected chi connectivity index (χ3v) is 14.6. The fourth-order valence-electron chi connectivity index (χ4n) is 8.10. The lowest BCUT2D eigenvalue weighted by atomic mass is 9.81. The molecule has 4 N–H and O–H groups in total. The molecule has 0 radical (unpaired) electrons. The molecule has 0 unspecified atom stereocenters. The zero-order valence-corrected chi connectivity index (χ0v) is 36.3. The Morgan fingerprint density at radius 2 is 0.875 bits per heavy atom. The van der Waals surface area contributed by atoms with Gasteiger partial charge in [-0.25, -0.2) is 26.4 Å². The van der Waals surface area contributed by atoms with E-state index in [9.17, 15) is 36.6 Å². The first-order valence-electron chi connectivity index (χ1n) is 20.5. The first-order chi connectivity index (χ1) is 30.7. The van der Waals surface area contributed by atoms with E-state index in [1.165, 1.54) is 36.7 Å². The summed E-state index contributed by atoms with van der Waals surface area (Å²) in [6, 6.07) is 40.6. The molecule has 2 heterocycles. The summed E-state index contributed by atoms with van der Waals surface area (Å²) < 4.78 is 62.6. The van der Waals surface area contributed by atoms with E-state index < -0.39 is 66.7 Å². The smallest absolute Gasteiger partial charge is 0.407 e. The second-order valence-corrected chi connectivity index (χ2v) is 19.8. The van der Waals surface area contributed by atoms with Crippen LogP contribution in [-0.2, 0) is 66.4 Å². The van der Waals surface area contributed by atoms with Crippen molar-refractivity contribution in [3.63, 3.8) is 0 Å². The zero-order valence-electron chi connectivity index (χ0n) is 34.7. The predicted octanol–water partition coefficient (Wildman–Crippen LogP) is 5.97. The van der Waals surface area contributed by atoms with Crippen molar-refractivity contribution >= 4 is 31.9 Å². The van der Waals surface area contributed by atoms with E-state index in [2.05, 4.69) is 20.6 Å². The fraction of sp³-hybridized carbons (Fsp3) is 0.250. The Balaban J connectivity index is 0.000000191. The minimum atomic E-state index is -3.79. The molecule has 332 valence electrons. The summed E-state index contributed by atoms with van der Waals surface area (Å²) in [4.78, 5) is 33.5. The molecule has 2 aromatic heterocycles. The average Bonchev–Trinajstić information content (AvgIpc) is 3.29. The van der Waals surface area contributed by atoms with Crippen LogP contribution in [0.3, 0.4) is 0 Å². The van der Waals surface area contributed by atoms with E-state index in [1.807, 2.05) is 60.7 Å². The van der Waals surface area contributed by atoms with E-state index in [1.54, 1.807) is 60.7 Å². The van der Waals surface area contributed by atoms with Gasteiger partial charge in [-0.1, -0.05) is 109 Å². The van der Waals surface area contributed by atoms with E-state index >= 15 is 0 Å². The van der Waals surface area contributed by atoms with Gasteiger partial charge in [0, 0.05) is 37.3 Å². The molecule has 2 amide bonds. The van der Waals surface area contributed by atoms with E-state index in [0.29, 0.717) is 35.4 Å². The van der Waals surface area contributed by atoms with Gasteiger partial charge in [-0.15, -0.1) is 0 Å². The number of aromatic nitrogens is 2. The Morgan fingerprint density at radius 1 is 0.531 bits per heavy atom. The average molecular weight is 905 g/mol. The molecule has 0 fully saturated rings. The van der Waals surface area contributed by atoms with Crippen LogP contribution >= 0.6 is 0 Å². The number of amides is 2. The Labute approximate surface area is 372 Å². The third kappa shape index (κ3) is 11.6. The summed E-state index contributed by atoms with van der Waals surface area (Å²) in [5.41, 5.74) is 0.251. The maximum Gasteiger partial charge on any atom is 0.407 e. The SMILES string of the molecule is O=C(N[C@H]1Cc2cccnc2[C@@](O)(CS(=O)(=O)c2ccccc2)C1)OCc1ccccc1.O=C(N[C@H]1Cc2cccnc2[C@](O)(CS(=O)(=O)c2ccccc2)C1)OCc1ccccc1. The number of fused-ring (bicyclic) bond motifs is 2. The molecule has 0 aliphatic heterocycles. The van der Waals surface area contributed by atoms with Gasteiger partial charge in [-0.05, 0) is 71.5 Å². The maximum atomic E-state index is 13.0. The number of nitrogens with one attached hydrogen (secondary N) is 2. The van der Waals surface area contributed by atoms with Crippen LogP contribution in [0.15, 0.2) is 168 Å². The zero-order chi connectivity index (χ0) is 45.2. The number of benzene rings is 4. The van der Waals surface area contributed by atoms with Crippen molar-refractivity contribution in [3.8, 4) is 0 Å². The van der Waals surface area contributed by atoms with E-state index in [-0.39, 0.29) is 35.8 Å². The van der Waals surface area contributed by atoms with Crippen LogP contribution in [0, 0.1) is 0 Å². The van der Waals surface area contributed by atoms with Crippen molar-refractivity contribution in [3.05, 3.63) is 192 Å². The highest BCUT2D eigenvalue weighted by Crippen LogP contribution is 2.38. The van der Waals surface area contributed by atoms with Crippen LogP contribution in [0.4, 0.5) is 9.59 Å². The van der Waals surface area contributed by atoms with Gasteiger partial charge in [0.1, 0.15) is 24.4 Å². The normalized spacial score (nSPS) is 20.2. The molecule has 64 heavy (non-hydrogen) atoms. The van der Waals surface area contributed by atoms with Crippen molar-refractivity contribution in [1.29, 1.82) is 0 Å². The molecule has 0 saturated carbocycles. The Hall–Kier alpha value is -6.46. The number of alkyl carbamates (subject to hydrolysis) is 2. The number of carbonyl (C=O) groups is 2. The van der Waals surface area contributed by atoms with Crippen LogP contribution < -0.4 is 10.6 Å². The quantitative estimate of drug-likeness (QED) is 0.112. The Kier molecular flexibility index (Phi) is 14.2. The van der Waals surface area contributed by atoms with Gasteiger partial charge in [-0.3, -0.25) is 9.97 Å². The summed E-state index contributed by atoms with van der Waals surface area (Å²) in [6.07, 6.45) is 2.64. The molecule has 6 aromatic rings. The first-order valence-corrected chi connectivity index (χ1v) is 23.9.